The molecule has 0 fully saturated rings. The highest BCUT2D eigenvalue weighted by Crippen LogP contribution is 2.43. The molecular weight excluding hydrogens is 364 g/mol. The Morgan fingerprint density at radius 2 is 1.00 bits per heavy atom. The molecule has 0 aliphatic carbocycles. The largest absolute Gasteiger partial charge is 0.491 e. The van der Waals surface area contributed by atoms with Crippen LogP contribution in [-0.4, -0.2) is 36.6 Å². The molecule has 2 unspecified atom stereocenters. The molecule has 160 valence electrons. The smallest absolute Gasteiger partial charge is 0.119 e. The minimum absolute atomic E-state index is 0.0209. The number of rotatable bonds is 12. The third kappa shape index (κ3) is 5.97. The van der Waals surface area contributed by atoms with E-state index < -0.39 is 0 Å². The van der Waals surface area contributed by atoms with Gasteiger partial charge in [0, 0.05) is 0 Å². The Morgan fingerprint density at radius 1 is 0.655 bits per heavy atom. The summed E-state index contributed by atoms with van der Waals surface area (Å²) in [5.41, 5.74) is 2.68. The first-order valence-electron chi connectivity index (χ1n) is 10.6. The van der Waals surface area contributed by atoms with E-state index in [4.69, 9.17) is 19.7 Å². The maximum atomic E-state index is 8.93. The van der Waals surface area contributed by atoms with Crippen molar-refractivity contribution in [1.29, 1.82) is 0 Å². The third-order valence-electron chi connectivity index (χ3n) is 6.16. The van der Waals surface area contributed by atoms with Gasteiger partial charge in [-0.05, 0) is 65.5 Å². The molecule has 0 aliphatic rings. The Balaban J connectivity index is 2.22. The molecule has 0 heterocycles. The van der Waals surface area contributed by atoms with Gasteiger partial charge in [-0.25, -0.2) is 0 Å². The van der Waals surface area contributed by atoms with Crippen LogP contribution in [-0.2, 0) is 10.8 Å². The van der Waals surface area contributed by atoms with Crippen LogP contribution in [0.3, 0.4) is 0 Å². The second-order valence-corrected chi connectivity index (χ2v) is 8.20. The van der Waals surface area contributed by atoms with Crippen molar-refractivity contribution in [3.05, 3.63) is 59.7 Å². The fourth-order valence-electron chi connectivity index (χ4n) is 3.96. The van der Waals surface area contributed by atoms with Crippen LogP contribution in [0.5, 0.6) is 11.5 Å². The fourth-order valence-corrected chi connectivity index (χ4v) is 3.96. The van der Waals surface area contributed by atoms with Gasteiger partial charge in [-0.15, -0.1) is 0 Å². The van der Waals surface area contributed by atoms with Crippen LogP contribution >= 0.6 is 0 Å². The fraction of sp³-hybridized carbons (Fsp3) is 0.520. The standard InChI is InChI=1S/C25H36O4/c1-5-24(3,20-7-11-22(12-8-20)28-17-15-26)19-25(4,6-2)21-9-13-23(14-10-21)29-18-16-27/h7-14,26-27H,5-6,15-19H2,1-4H3. The molecule has 29 heavy (non-hydrogen) atoms. The Bertz CT molecular complexity index is 662. The Hall–Kier alpha value is -2.04. The van der Waals surface area contributed by atoms with Gasteiger partial charge in [0.25, 0.3) is 0 Å². The second-order valence-electron chi connectivity index (χ2n) is 8.20. The van der Waals surface area contributed by atoms with Crippen molar-refractivity contribution in [3.8, 4) is 11.5 Å². The molecule has 4 heteroatoms. The zero-order chi connectivity index (χ0) is 21.3. The predicted molar refractivity (Wildman–Crippen MR) is 118 cm³/mol. The van der Waals surface area contributed by atoms with Gasteiger partial charge < -0.3 is 19.7 Å². The Labute approximate surface area is 175 Å². The summed E-state index contributed by atoms with van der Waals surface area (Å²) in [7, 11) is 0. The summed E-state index contributed by atoms with van der Waals surface area (Å²) in [5, 5.41) is 17.9. The number of benzene rings is 2. The van der Waals surface area contributed by atoms with Crippen molar-refractivity contribution in [2.24, 2.45) is 0 Å². The monoisotopic (exact) mass is 400 g/mol. The Kier molecular flexibility index (Phi) is 8.54. The van der Waals surface area contributed by atoms with Crippen molar-refractivity contribution in [2.45, 2.75) is 57.8 Å². The van der Waals surface area contributed by atoms with Crippen molar-refractivity contribution in [1.82, 2.24) is 0 Å². The van der Waals surface area contributed by atoms with Gasteiger partial charge in [-0.2, -0.15) is 0 Å². The number of hydrogen-bond donors (Lipinski definition) is 2. The van der Waals surface area contributed by atoms with E-state index in [9.17, 15) is 0 Å². The van der Waals surface area contributed by atoms with Crippen LogP contribution in [0.2, 0.25) is 0 Å². The summed E-state index contributed by atoms with van der Waals surface area (Å²) in [6.45, 7) is 9.84. The van der Waals surface area contributed by atoms with Gasteiger partial charge in [0.15, 0.2) is 0 Å². The minimum Gasteiger partial charge on any atom is -0.491 e. The summed E-state index contributed by atoms with van der Waals surface area (Å²) in [4.78, 5) is 0. The van der Waals surface area contributed by atoms with Gasteiger partial charge in [-0.3, -0.25) is 0 Å². The molecule has 2 aromatic rings. The molecule has 0 aliphatic heterocycles. The summed E-state index contributed by atoms with van der Waals surface area (Å²) in [5.74, 6) is 1.58. The molecule has 0 spiro atoms. The van der Waals surface area contributed by atoms with E-state index in [0.717, 1.165) is 30.8 Å². The van der Waals surface area contributed by atoms with Crippen molar-refractivity contribution < 1.29 is 19.7 Å². The van der Waals surface area contributed by atoms with Gasteiger partial charge in [0.2, 0.25) is 0 Å². The molecule has 2 rings (SSSR count). The molecule has 2 N–H and O–H groups in total. The number of aliphatic hydroxyl groups is 2. The molecule has 0 saturated heterocycles. The minimum atomic E-state index is 0.0209. The van der Waals surface area contributed by atoms with Gasteiger partial charge in [0.1, 0.15) is 24.7 Å². The average molecular weight is 401 g/mol. The normalized spacial score (nSPS) is 15.4. The molecule has 2 aromatic carbocycles. The lowest BCUT2D eigenvalue weighted by Gasteiger charge is -2.40. The highest BCUT2D eigenvalue weighted by Gasteiger charge is 2.35. The van der Waals surface area contributed by atoms with Gasteiger partial charge in [0.05, 0.1) is 13.2 Å². The summed E-state index contributed by atoms with van der Waals surface area (Å²) in [6, 6.07) is 16.6. The highest BCUT2D eigenvalue weighted by atomic mass is 16.5. The molecular formula is C25H36O4. The zero-order valence-electron chi connectivity index (χ0n) is 18.3. The first-order valence-corrected chi connectivity index (χ1v) is 10.6. The topological polar surface area (TPSA) is 58.9 Å². The zero-order valence-corrected chi connectivity index (χ0v) is 18.3. The summed E-state index contributed by atoms with van der Waals surface area (Å²) < 4.78 is 11.0. The second kappa shape index (κ2) is 10.7. The Morgan fingerprint density at radius 3 is 1.28 bits per heavy atom. The number of aliphatic hydroxyl groups excluding tert-OH is 2. The molecule has 4 nitrogen and oxygen atoms in total. The quantitative estimate of drug-likeness (QED) is 0.534. The molecule has 0 amide bonds. The first kappa shape index (κ1) is 23.2. The lowest BCUT2D eigenvalue weighted by atomic mass is 9.64. The maximum Gasteiger partial charge on any atom is 0.119 e. The number of hydrogen-bond acceptors (Lipinski definition) is 4. The first-order chi connectivity index (χ1) is 13.9. The molecule has 2 atom stereocenters. The summed E-state index contributed by atoms with van der Waals surface area (Å²) >= 11 is 0. The van der Waals surface area contributed by atoms with Crippen LogP contribution < -0.4 is 9.47 Å². The highest BCUT2D eigenvalue weighted by molar-refractivity contribution is 5.36. The van der Waals surface area contributed by atoms with Crippen LogP contribution in [0.15, 0.2) is 48.5 Å². The van der Waals surface area contributed by atoms with E-state index in [1.165, 1.54) is 11.1 Å². The van der Waals surface area contributed by atoms with E-state index in [-0.39, 0.29) is 24.0 Å². The lowest BCUT2D eigenvalue weighted by Crippen LogP contribution is -2.33. The van der Waals surface area contributed by atoms with Crippen LogP contribution in [0.4, 0.5) is 0 Å². The predicted octanol–water partition coefficient (Wildman–Crippen LogP) is 4.85. The van der Waals surface area contributed by atoms with Gasteiger partial charge >= 0.3 is 0 Å². The van der Waals surface area contributed by atoms with Crippen LogP contribution in [0.25, 0.3) is 0 Å². The molecule has 0 saturated carbocycles. The van der Waals surface area contributed by atoms with Crippen LogP contribution in [0.1, 0.15) is 58.1 Å². The average Bonchev–Trinajstić information content (AvgIpc) is 2.76. The molecule has 0 radical (unpaired) electrons. The van der Waals surface area contributed by atoms with E-state index in [1.807, 2.05) is 24.3 Å². The summed E-state index contributed by atoms with van der Waals surface area (Å²) in [6.07, 6.45) is 3.11. The van der Waals surface area contributed by atoms with E-state index in [2.05, 4.69) is 52.0 Å². The molecule has 0 bridgehead atoms. The lowest BCUT2D eigenvalue weighted by molar-refractivity contribution is 0.201. The molecule has 0 aromatic heterocycles. The van der Waals surface area contributed by atoms with Gasteiger partial charge in [-0.1, -0.05) is 52.0 Å². The maximum absolute atomic E-state index is 8.93. The number of ether oxygens (including phenoxy) is 2. The third-order valence-corrected chi connectivity index (χ3v) is 6.16. The SMILES string of the molecule is CCC(C)(CC(C)(CC)c1ccc(OCCO)cc1)c1ccc(OCCO)cc1. The van der Waals surface area contributed by atoms with Crippen molar-refractivity contribution in [2.75, 3.05) is 26.4 Å². The van der Waals surface area contributed by atoms with E-state index in [0.29, 0.717) is 13.2 Å². The van der Waals surface area contributed by atoms with Crippen LogP contribution in [0, 0.1) is 0 Å². The van der Waals surface area contributed by atoms with E-state index in [1.54, 1.807) is 0 Å². The van der Waals surface area contributed by atoms with E-state index >= 15 is 0 Å². The van der Waals surface area contributed by atoms with Crippen molar-refractivity contribution in [3.63, 3.8) is 0 Å². The van der Waals surface area contributed by atoms with Crippen molar-refractivity contribution >= 4 is 0 Å².